The highest BCUT2D eigenvalue weighted by Gasteiger charge is 2.14. The first-order chi connectivity index (χ1) is 13.4. The fourth-order valence-electron chi connectivity index (χ4n) is 2.64. The van der Waals surface area contributed by atoms with Gasteiger partial charge in [-0.25, -0.2) is 8.42 Å². The van der Waals surface area contributed by atoms with E-state index in [1.807, 2.05) is 56.3 Å². The van der Waals surface area contributed by atoms with Crippen LogP contribution >= 0.6 is 0 Å². The molecule has 146 valence electrons. The lowest BCUT2D eigenvalue weighted by molar-refractivity contribution is 0.242. The highest BCUT2D eigenvalue weighted by Crippen LogP contribution is 2.21. The van der Waals surface area contributed by atoms with E-state index in [9.17, 15) is 8.42 Å². The van der Waals surface area contributed by atoms with Crippen LogP contribution in [-0.4, -0.2) is 14.5 Å². The molecule has 6 heteroatoms. The Hall–Kier alpha value is -2.99. The molecule has 0 bridgehead atoms. The summed E-state index contributed by atoms with van der Waals surface area (Å²) < 4.78 is 33.3. The first-order valence-electron chi connectivity index (χ1n) is 9.10. The Morgan fingerprint density at radius 3 is 2.04 bits per heavy atom. The molecule has 5 nitrogen and oxygen atoms in total. The van der Waals surface area contributed by atoms with Crippen LogP contribution in [0, 0.1) is 0 Å². The number of anilines is 2. The summed E-state index contributed by atoms with van der Waals surface area (Å²) in [5, 5.41) is 3.31. The van der Waals surface area contributed by atoms with Gasteiger partial charge in [0.05, 0.1) is 11.0 Å². The molecular formula is C22H24N2O3S. The minimum absolute atomic E-state index is 0.0367. The lowest BCUT2D eigenvalue weighted by Gasteiger charge is -2.12. The Morgan fingerprint density at radius 2 is 1.43 bits per heavy atom. The topological polar surface area (TPSA) is 67.4 Å². The molecule has 0 aliphatic carbocycles. The molecule has 0 saturated carbocycles. The summed E-state index contributed by atoms with van der Waals surface area (Å²) in [6.45, 7) is 4.55. The second-order valence-corrected chi connectivity index (χ2v) is 8.34. The zero-order valence-corrected chi connectivity index (χ0v) is 16.7. The average molecular weight is 397 g/mol. The van der Waals surface area contributed by atoms with Crippen molar-refractivity contribution in [3.05, 3.63) is 84.4 Å². The third-order valence-electron chi connectivity index (χ3n) is 3.98. The molecule has 28 heavy (non-hydrogen) atoms. The lowest BCUT2D eigenvalue weighted by Crippen LogP contribution is -2.13. The van der Waals surface area contributed by atoms with Gasteiger partial charge in [-0.15, -0.1) is 0 Å². The van der Waals surface area contributed by atoms with Crippen LogP contribution in [0.4, 0.5) is 11.4 Å². The number of sulfonamides is 1. The molecule has 0 aliphatic heterocycles. The molecule has 0 aromatic heterocycles. The number of ether oxygens (including phenoxy) is 1. The van der Waals surface area contributed by atoms with Gasteiger partial charge in [-0.05, 0) is 67.9 Å². The van der Waals surface area contributed by atoms with Crippen LogP contribution in [-0.2, 0) is 16.6 Å². The van der Waals surface area contributed by atoms with E-state index in [-0.39, 0.29) is 11.0 Å². The van der Waals surface area contributed by atoms with Crippen LogP contribution in [0.25, 0.3) is 0 Å². The van der Waals surface area contributed by atoms with Gasteiger partial charge >= 0.3 is 0 Å². The predicted octanol–water partition coefficient (Wildman–Crippen LogP) is 4.89. The van der Waals surface area contributed by atoms with Gasteiger partial charge in [0, 0.05) is 17.9 Å². The Morgan fingerprint density at radius 1 is 0.821 bits per heavy atom. The zero-order valence-electron chi connectivity index (χ0n) is 15.9. The van der Waals surface area contributed by atoms with Gasteiger partial charge in [0.15, 0.2) is 0 Å². The van der Waals surface area contributed by atoms with Crippen LogP contribution in [0.15, 0.2) is 83.8 Å². The molecule has 3 rings (SSSR count). The molecule has 3 aromatic rings. The van der Waals surface area contributed by atoms with Crippen molar-refractivity contribution in [1.82, 2.24) is 0 Å². The Balaban J connectivity index is 1.62. The molecule has 0 heterocycles. The van der Waals surface area contributed by atoms with Gasteiger partial charge in [0.1, 0.15) is 5.75 Å². The van der Waals surface area contributed by atoms with E-state index in [2.05, 4.69) is 10.0 Å². The predicted molar refractivity (Wildman–Crippen MR) is 113 cm³/mol. The number of hydrogen-bond donors (Lipinski definition) is 2. The van der Waals surface area contributed by atoms with Gasteiger partial charge in [0.25, 0.3) is 10.0 Å². The summed E-state index contributed by atoms with van der Waals surface area (Å²) >= 11 is 0. The maximum Gasteiger partial charge on any atom is 0.261 e. The number of hydrogen-bond acceptors (Lipinski definition) is 4. The summed E-state index contributed by atoms with van der Waals surface area (Å²) in [7, 11) is -3.65. The average Bonchev–Trinajstić information content (AvgIpc) is 2.68. The van der Waals surface area contributed by atoms with Crippen molar-refractivity contribution in [2.24, 2.45) is 0 Å². The fourth-order valence-corrected chi connectivity index (χ4v) is 3.70. The van der Waals surface area contributed by atoms with E-state index in [4.69, 9.17) is 4.74 Å². The first-order valence-corrected chi connectivity index (χ1v) is 10.6. The van der Waals surface area contributed by atoms with Crippen molar-refractivity contribution >= 4 is 21.4 Å². The maximum atomic E-state index is 12.6. The van der Waals surface area contributed by atoms with Crippen LogP contribution in [0.1, 0.15) is 19.4 Å². The van der Waals surface area contributed by atoms with E-state index >= 15 is 0 Å². The second-order valence-electron chi connectivity index (χ2n) is 6.66. The van der Waals surface area contributed by atoms with E-state index in [1.165, 1.54) is 17.7 Å². The highest BCUT2D eigenvalue weighted by molar-refractivity contribution is 7.92. The molecule has 0 amide bonds. The van der Waals surface area contributed by atoms with Gasteiger partial charge in [-0.1, -0.05) is 30.3 Å². The molecule has 0 unspecified atom stereocenters. The number of benzene rings is 3. The Labute approximate surface area is 166 Å². The van der Waals surface area contributed by atoms with Crippen molar-refractivity contribution < 1.29 is 13.2 Å². The van der Waals surface area contributed by atoms with Crippen molar-refractivity contribution in [2.75, 3.05) is 10.0 Å². The Bertz CT molecular complexity index is 984. The normalized spacial score (nSPS) is 11.2. The number of nitrogens with one attached hydrogen (secondary N) is 2. The third-order valence-corrected chi connectivity index (χ3v) is 5.38. The van der Waals surface area contributed by atoms with Gasteiger partial charge < -0.3 is 10.1 Å². The molecule has 3 aromatic carbocycles. The van der Waals surface area contributed by atoms with Crippen LogP contribution in [0.3, 0.4) is 0 Å². The lowest BCUT2D eigenvalue weighted by atomic mass is 10.2. The van der Waals surface area contributed by atoms with Gasteiger partial charge in [0.2, 0.25) is 0 Å². The molecule has 0 fully saturated rings. The molecule has 0 radical (unpaired) electrons. The summed E-state index contributed by atoms with van der Waals surface area (Å²) in [5.41, 5.74) is 2.60. The van der Waals surface area contributed by atoms with Gasteiger partial charge in [-0.2, -0.15) is 0 Å². The largest absolute Gasteiger partial charge is 0.491 e. The fraction of sp³-hybridized carbons (Fsp3) is 0.182. The smallest absolute Gasteiger partial charge is 0.261 e. The van der Waals surface area contributed by atoms with Crippen molar-refractivity contribution in [2.45, 2.75) is 31.4 Å². The number of rotatable bonds is 8. The summed E-state index contributed by atoms with van der Waals surface area (Å²) in [6.07, 6.45) is 0.0367. The monoisotopic (exact) mass is 396 g/mol. The quantitative estimate of drug-likeness (QED) is 0.569. The SMILES string of the molecule is CC(C)Oc1ccc(S(=O)(=O)Nc2ccc(NCc3ccccc3)cc2)cc1. The van der Waals surface area contributed by atoms with E-state index in [1.54, 1.807) is 24.3 Å². The summed E-state index contributed by atoms with van der Waals surface area (Å²) in [4.78, 5) is 0.190. The molecule has 0 spiro atoms. The minimum Gasteiger partial charge on any atom is -0.491 e. The maximum absolute atomic E-state index is 12.6. The van der Waals surface area contributed by atoms with Gasteiger partial charge in [-0.3, -0.25) is 4.72 Å². The third kappa shape index (κ3) is 5.50. The van der Waals surface area contributed by atoms with E-state index in [0.717, 1.165) is 5.69 Å². The van der Waals surface area contributed by atoms with E-state index < -0.39 is 10.0 Å². The molecular weight excluding hydrogens is 372 g/mol. The molecule has 0 saturated heterocycles. The van der Waals surface area contributed by atoms with Crippen molar-refractivity contribution in [1.29, 1.82) is 0 Å². The molecule has 2 N–H and O–H groups in total. The van der Waals surface area contributed by atoms with Crippen LogP contribution < -0.4 is 14.8 Å². The van der Waals surface area contributed by atoms with Crippen LogP contribution in [0.2, 0.25) is 0 Å². The van der Waals surface area contributed by atoms with Crippen molar-refractivity contribution in [3.8, 4) is 5.75 Å². The minimum atomic E-state index is -3.65. The molecule has 0 atom stereocenters. The standard InChI is InChI=1S/C22H24N2O3S/c1-17(2)27-21-12-14-22(15-13-21)28(25,26)24-20-10-8-19(9-11-20)23-16-18-6-4-3-5-7-18/h3-15,17,23-24H,16H2,1-2H3. The summed E-state index contributed by atoms with van der Waals surface area (Å²) in [6, 6.07) is 23.6. The summed E-state index contributed by atoms with van der Waals surface area (Å²) in [5.74, 6) is 0.641. The van der Waals surface area contributed by atoms with E-state index in [0.29, 0.717) is 18.0 Å². The zero-order chi connectivity index (χ0) is 20.0. The highest BCUT2D eigenvalue weighted by atomic mass is 32.2. The van der Waals surface area contributed by atoms with Crippen LogP contribution in [0.5, 0.6) is 5.75 Å². The Kier molecular flexibility index (Phi) is 6.21. The first kappa shape index (κ1) is 19.8. The van der Waals surface area contributed by atoms with Crippen molar-refractivity contribution in [3.63, 3.8) is 0 Å². The molecule has 0 aliphatic rings. The second kappa shape index (κ2) is 8.80.